The van der Waals surface area contributed by atoms with E-state index in [1.54, 1.807) is 6.07 Å². The minimum Gasteiger partial charge on any atom is -0.367 e. The number of primary amides is 1. The van der Waals surface area contributed by atoms with Gasteiger partial charge in [0, 0.05) is 13.1 Å². The van der Waals surface area contributed by atoms with Crippen LogP contribution in [0.5, 0.6) is 0 Å². The number of nitrogens with one attached hydrogen (secondary N) is 2. The first kappa shape index (κ1) is 14.6. The van der Waals surface area contributed by atoms with E-state index in [1.165, 1.54) is 0 Å². The maximum Gasteiger partial charge on any atom is 0.433 e. The molecule has 0 atom stereocenters. The fourth-order valence-corrected chi connectivity index (χ4v) is 1.21. The van der Waals surface area contributed by atoms with Gasteiger partial charge in [0.1, 0.15) is 17.6 Å². The summed E-state index contributed by atoms with van der Waals surface area (Å²) >= 11 is 0. The predicted molar refractivity (Wildman–Crippen MR) is 60.0 cm³/mol. The number of aromatic nitrogens is 1. The van der Waals surface area contributed by atoms with Gasteiger partial charge in [-0.25, -0.2) is 9.78 Å². The van der Waals surface area contributed by atoms with Gasteiger partial charge in [-0.2, -0.15) is 18.4 Å². The van der Waals surface area contributed by atoms with E-state index >= 15 is 0 Å². The smallest absolute Gasteiger partial charge is 0.367 e. The zero-order chi connectivity index (χ0) is 14.5. The van der Waals surface area contributed by atoms with Gasteiger partial charge in [0.15, 0.2) is 0 Å². The Bertz CT molecular complexity index is 509. The van der Waals surface area contributed by atoms with Crippen molar-refractivity contribution in [2.24, 2.45) is 5.73 Å². The molecule has 0 aliphatic heterocycles. The quantitative estimate of drug-likeness (QED) is 0.713. The van der Waals surface area contributed by atoms with E-state index in [2.05, 4.69) is 15.6 Å². The Balaban J connectivity index is 2.80. The van der Waals surface area contributed by atoms with Gasteiger partial charge in [0.25, 0.3) is 0 Å². The summed E-state index contributed by atoms with van der Waals surface area (Å²) in [6.07, 6.45) is -4.59. The lowest BCUT2D eigenvalue weighted by Gasteiger charge is -2.11. The largest absolute Gasteiger partial charge is 0.433 e. The zero-order valence-corrected chi connectivity index (χ0v) is 9.58. The predicted octanol–water partition coefficient (Wildman–Crippen LogP) is 1.05. The number of amides is 2. The van der Waals surface area contributed by atoms with Crippen molar-refractivity contribution >= 4 is 11.8 Å². The van der Waals surface area contributed by atoms with E-state index in [-0.39, 0.29) is 24.5 Å². The second-order valence-electron chi connectivity index (χ2n) is 3.42. The van der Waals surface area contributed by atoms with E-state index in [9.17, 15) is 18.0 Å². The number of urea groups is 1. The molecule has 1 aromatic heterocycles. The van der Waals surface area contributed by atoms with Crippen LogP contribution < -0.4 is 16.4 Å². The van der Waals surface area contributed by atoms with Crippen LogP contribution in [0, 0.1) is 11.3 Å². The van der Waals surface area contributed by atoms with Gasteiger partial charge < -0.3 is 16.4 Å². The minimum atomic E-state index is -4.59. The van der Waals surface area contributed by atoms with Crippen LogP contribution >= 0.6 is 0 Å². The first-order valence-corrected chi connectivity index (χ1v) is 5.10. The van der Waals surface area contributed by atoms with Crippen molar-refractivity contribution in [1.29, 1.82) is 5.26 Å². The number of nitrogens with two attached hydrogens (primary N) is 1. The lowest BCUT2D eigenvalue weighted by Crippen LogP contribution is -2.33. The topological polar surface area (TPSA) is 104 Å². The number of halogens is 3. The summed E-state index contributed by atoms with van der Waals surface area (Å²) in [5.41, 5.74) is 3.69. The van der Waals surface area contributed by atoms with E-state index in [0.717, 1.165) is 12.1 Å². The molecular weight excluding hydrogens is 263 g/mol. The Morgan fingerprint density at radius 2 is 2.11 bits per heavy atom. The molecule has 19 heavy (non-hydrogen) atoms. The molecule has 9 heteroatoms. The molecule has 4 N–H and O–H groups in total. The van der Waals surface area contributed by atoms with Crippen LogP contribution in [0.3, 0.4) is 0 Å². The highest BCUT2D eigenvalue weighted by molar-refractivity contribution is 5.71. The molecule has 2 amide bonds. The highest BCUT2D eigenvalue weighted by atomic mass is 19.4. The maximum atomic E-state index is 12.5. The zero-order valence-electron chi connectivity index (χ0n) is 9.58. The SMILES string of the molecule is N#Cc1ccc(C(F)(F)F)nc1NCCNC(N)=O. The maximum absolute atomic E-state index is 12.5. The molecule has 0 aromatic carbocycles. The third kappa shape index (κ3) is 4.34. The molecule has 0 bridgehead atoms. The molecule has 0 spiro atoms. The number of alkyl halides is 3. The number of rotatable bonds is 4. The second kappa shape index (κ2) is 5.90. The summed E-state index contributed by atoms with van der Waals surface area (Å²) < 4.78 is 37.4. The molecule has 6 nitrogen and oxygen atoms in total. The number of anilines is 1. The normalized spacial score (nSPS) is 10.6. The van der Waals surface area contributed by atoms with Crippen LogP contribution in [0.1, 0.15) is 11.3 Å². The van der Waals surface area contributed by atoms with Crippen molar-refractivity contribution in [3.8, 4) is 6.07 Å². The molecule has 0 saturated carbocycles. The Morgan fingerprint density at radius 3 is 2.63 bits per heavy atom. The van der Waals surface area contributed by atoms with Gasteiger partial charge in [0.2, 0.25) is 0 Å². The van der Waals surface area contributed by atoms with Crippen LogP contribution in [0.2, 0.25) is 0 Å². The number of nitrogens with zero attached hydrogens (tertiary/aromatic N) is 2. The Hall–Kier alpha value is -2.50. The van der Waals surface area contributed by atoms with Crippen LogP contribution in [-0.4, -0.2) is 24.1 Å². The van der Waals surface area contributed by atoms with Crippen molar-refractivity contribution in [2.75, 3.05) is 18.4 Å². The number of hydrogen-bond acceptors (Lipinski definition) is 4. The summed E-state index contributed by atoms with van der Waals surface area (Å²) in [7, 11) is 0. The van der Waals surface area contributed by atoms with Crippen LogP contribution in [-0.2, 0) is 6.18 Å². The summed E-state index contributed by atoms with van der Waals surface area (Å²) in [4.78, 5) is 13.7. The monoisotopic (exact) mass is 273 g/mol. The van der Waals surface area contributed by atoms with Crippen molar-refractivity contribution in [3.05, 3.63) is 23.4 Å². The average Bonchev–Trinajstić information content (AvgIpc) is 2.33. The Morgan fingerprint density at radius 1 is 1.42 bits per heavy atom. The van der Waals surface area contributed by atoms with Crippen molar-refractivity contribution < 1.29 is 18.0 Å². The third-order valence-electron chi connectivity index (χ3n) is 2.02. The van der Waals surface area contributed by atoms with Crippen LogP contribution in [0.25, 0.3) is 0 Å². The third-order valence-corrected chi connectivity index (χ3v) is 2.02. The van der Waals surface area contributed by atoms with Gasteiger partial charge in [-0.1, -0.05) is 0 Å². The molecule has 0 aliphatic rings. The lowest BCUT2D eigenvalue weighted by molar-refractivity contribution is -0.141. The fraction of sp³-hybridized carbons (Fsp3) is 0.300. The number of pyridine rings is 1. The molecule has 1 rings (SSSR count). The average molecular weight is 273 g/mol. The van der Waals surface area contributed by atoms with E-state index in [4.69, 9.17) is 11.0 Å². The molecular formula is C10H10F3N5O. The second-order valence-corrected chi connectivity index (χ2v) is 3.42. The number of nitriles is 1. The Kier molecular flexibility index (Phi) is 4.52. The first-order chi connectivity index (χ1) is 8.84. The first-order valence-electron chi connectivity index (χ1n) is 5.10. The fourth-order valence-electron chi connectivity index (χ4n) is 1.21. The number of hydrogen-bond donors (Lipinski definition) is 3. The molecule has 1 heterocycles. The molecule has 0 radical (unpaired) electrons. The number of carbonyl (C=O) groups excluding carboxylic acids is 1. The van der Waals surface area contributed by atoms with Gasteiger partial charge >= 0.3 is 12.2 Å². The molecule has 0 fully saturated rings. The molecule has 102 valence electrons. The highest BCUT2D eigenvalue weighted by Gasteiger charge is 2.33. The van der Waals surface area contributed by atoms with Gasteiger partial charge in [-0.15, -0.1) is 0 Å². The molecule has 0 unspecified atom stereocenters. The minimum absolute atomic E-state index is 0.0212. The van der Waals surface area contributed by atoms with Gasteiger partial charge in [-0.3, -0.25) is 0 Å². The molecule has 1 aromatic rings. The van der Waals surface area contributed by atoms with Crippen molar-refractivity contribution in [3.63, 3.8) is 0 Å². The molecule has 0 aliphatic carbocycles. The summed E-state index contributed by atoms with van der Waals surface area (Å²) in [6, 6.07) is 2.72. The molecule has 0 saturated heterocycles. The van der Waals surface area contributed by atoms with Gasteiger partial charge in [0.05, 0.1) is 5.56 Å². The van der Waals surface area contributed by atoms with E-state index in [0.29, 0.717) is 0 Å². The lowest BCUT2D eigenvalue weighted by atomic mass is 10.2. The van der Waals surface area contributed by atoms with E-state index < -0.39 is 17.9 Å². The standard InChI is InChI=1S/C10H10F3N5O/c11-10(12,13)7-2-1-6(5-14)8(18-7)16-3-4-17-9(15)19/h1-2H,3-4H2,(H,16,18)(H3,15,17,19). The summed E-state index contributed by atoms with van der Waals surface area (Å²) in [6.45, 7) is 0.185. The van der Waals surface area contributed by atoms with Crippen molar-refractivity contribution in [2.45, 2.75) is 6.18 Å². The van der Waals surface area contributed by atoms with Crippen molar-refractivity contribution in [1.82, 2.24) is 10.3 Å². The van der Waals surface area contributed by atoms with E-state index in [1.807, 2.05) is 0 Å². The number of carbonyl (C=O) groups is 1. The summed E-state index contributed by atoms with van der Waals surface area (Å²) in [5, 5.41) is 13.5. The highest BCUT2D eigenvalue weighted by Crippen LogP contribution is 2.29. The van der Waals surface area contributed by atoms with Crippen LogP contribution in [0.4, 0.5) is 23.8 Å². The summed E-state index contributed by atoms with van der Waals surface area (Å²) in [5.74, 6) is -0.191. The Labute approximate surface area is 106 Å². The van der Waals surface area contributed by atoms with Crippen LogP contribution in [0.15, 0.2) is 12.1 Å². The van der Waals surface area contributed by atoms with Gasteiger partial charge in [-0.05, 0) is 12.1 Å².